The largest absolute Gasteiger partial charge is 0.480 e. The fourth-order valence-electron chi connectivity index (χ4n) is 7.27. The summed E-state index contributed by atoms with van der Waals surface area (Å²) >= 11 is 0. The number of hydrogen-bond donors (Lipinski definition) is 7. The molecule has 0 aromatic heterocycles. The van der Waals surface area contributed by atoms with Gasteiger partial charge in [0.1, 0.15) is 23.2 Å². The number of nitrogens with two attached hydrogens (primary N) is 1. The Morgan fingerprint density at radius 1 is 0.514 bits per heavy atom. The van der Waals surface area contributed by atoms with E-state index in [4.69, 9.17) is 5.73 Å². The van der Waals surface area contributed by atoms with Crippen molar-refractivity contribution in [3.8, 4) is 0 Å². The Bertz CT molecular complexity index is 2580. The van der Waals surface area contributed by atoms with Crippen LogP contribution in [0.2, 0.25) is 0 Å². The molecule has 0 spiro atoms. The zero-order valence-electron chi connectivity index (χ0n) is 41.1. The molecule has 4 aromatic rings. The van der Waals surface area contributed by atoms with Crippen molar-refractivity contribution in [2.75, 3.05) is 0 Å². The number of aliphatic carboxylic acids is 1. The summed E-state index contributed by atoms with van der Waals surface area (Å²) in [5.74, 6) is -7.96. The first-order valence-electron chi connectivity index (χ1n) is 22.8. The summed E-state index contributed by atoms with van der Waals surface area (Å²) in [4.78, 5) is 120. The molecule has 16 nitrogen and oxygen atoms in total. The molecule has 4 unspecified atom stereocenters. The number of Topliss-reactive ketones (excluding diaryl/α,β-unsaturated/α-hetero) is 2. The van der Waals surface area contributed by atoms with Gasteiger partial charge in [0.2, 0.25) is 29.5 Å². The monoisotopic (exact) mass is 963 g/mol. The van der Waals surface area contributed by atoms with E-state index in [0.717, 1.165) is 16.3 Å². The molecule has 0 fully saturated rings. The Hall–Kier alpha value is -7.07. The Balaban J connectivity index is 0.0000130. The molecular formula is C54H70N6O10. The van der Waals surface area contributed by atoms with Crippen LogP contribution in [-0.2, 0) is 51.2 Å². The Morgan fingerprint density at radius 2 is 0.943 bits per heavy atom. The van der Waals surface area contributed by atoms with Gasteiger partial charge in [-0.2, -0.15) is 0 Å². The van der Waals surface area contributed by atoms with Crippen molar-refractivity contribution in [1.82, 2.24) is 26.6 Å². The summed E-state index contributed by atoms with van der Waals surface area (Å²) in [6, 6.07) is 26.2. The minimum absolute atomic E-state index is 0. The number of benzene rings is 4. The van der Waals surface area contributed by atoms with Crippen LogP contribution in [0.25, 0.3) is 10.8 Å². The van der Waals surface area contributed by atoms with Crippen LogP contribution >= 0.6 is 0 Å². The molecule has 0 saturated carbocycles. The molecule has 4 atom stereocenters. The number of carboxylic acids is 1. The molecule has 0 saturated heterocycles. The van der Waals surface area contributed by atoms with Gasteiger partial charge in [-0.15, -0.1) is 0 Å². The zero-order chi connectivity index (χ0) is 51.6. The van der Waals surface area contributed by atoms with E-state index in [1.54, 1.807) is 68.4 Å². The first-order valence-corrected chi connectivity index (χ1v) is 22.8. The van der Waals surface area contributed by atoms with Crippen LogP contribution in [0.4, 0.5) is 0 Å². The van der Waals surface area contributed by atoms with Crippen LogP contribution in [0.3, 0.4) is 0 Å². The SMILES string of the molecule is C.CC(NC(=O)C(C)(C)NC(=O)C(CC(=O)C(C)(C)NC(=O)C(C)NC(=O)C(C)(C)NC(=O)C(CC(=O)C(C)(C)N)Cc1ccc2ccccc2c1)Cc1ccc(C(=O)c2ccccc2)cc1)C(=O)O. The molecule has 0 radical (unpaired) electrons. The van der Waals surface area contributed by atoms with Gasteiger partial charge in [-0.3, -0.25) is 43.2 Å². The number of fused-ring (bicyclic) bond motifs is 1. The fourth-order valence-corrected chi connectivity index (χ4v) is 7.27. The third kappa shape index (κ3) is 15.7. The maximum Gasteiger partial charge on any atom is 0.325 e. The Morgan fingerprint density at radius 3 is 1.46 bits per heavy atom. The van der Waals surface area contributed by atoms with Crippen LogP contribution < -0.4 is 32.3 Å². The van der Waals surface area contributed by atoms with E-state index in [1.165, 1.54) is 55.4 Å². The highest BCUT2D eigenvalue weighted by Crippen LogP contribution is 2.24. The lowest BCUT2D eigenvalue weighted by Gasteiger charge is -2.32. The quantitative estimate of drug-likeness (QED) is 0.0478. The molecule has 0 aliphatic heterocycles. The molecular weight excluding hydrogens is 893 g/mol. The van der Waals surface area contributed by atoms with Crippen molar-refractivity contribution in [2.24, 2.45) is 17.6 Å². The van der Waals surface area contributed by atoms with E-state index in [0.29, 0.717) is 16.7 Å². The molecule has 4 rings (SSSR count). The topological polar surface area (TPSA) is 260 Å². The Kier molecular flexibility index (Phi) is 19.2. The van der Waals surface area contributed by atoms with Gasteiger partial charge in [0.05, 0.1) is 11.1 Å². The summed E-state index contributed by atoms with van der Waals surface area (Å²) in [6.45, 7) is 14.4. The minimum Gasteiger partial charge on any atom is -0.480 e. The fraction of sp³-hybridized carbons (Fsp3) is 0.426. The third-order valence-electron chi connectivity index (χ3n) is 12.0. The highest BCUT2D eigenvalue weighted by molar-refractivity contribution is 6.09. The van der Waals surface area contributed by atoms with Crippen LogP contribution in [0.1, 0.15) is 117 Å². The first kappa shape index (κ1) is 57.2. The molecule has 0 aliphatic rings. The summed E-state index contributed by atoms with van der Waals surface area (Å²) < 4.78 is 0. The van der Waals surface area contributed by atoms with Crippen molar-refractivity contribution in [1.29, 1.82) is 0 Å². The molecule has 0 bridgehead atoms. The number of rotatable bonds is 23. The van der Waals surface area contributed by atoms with Crippen molar-refractivity contribution >= 4 is 63.6 Å². The highest BCUT2D eigenvalue weighted by atomic mass is 16.4. The zero-order valence-corrected chi connectivity index (χ0v) is 41.1. The molecule has 0 aliphatic carbocycles. The van der Waals surface area contributed by atoms with Crippen LogP contribution in [0, 0.1) is 11.8 Å². The first-order chi connectivity index (χ1) is 32.0. The van der Waals surface area contributed by atoms with Crippen LogP contribution in [-0.4, -0.2) is 92.2 Å². The number of amides is 5. The number of hydrogen-bond acceptors (Lipinski definition) is 10. The van der Waals surface area contributed by atoms with Crippen LogP contribution in [0.5, 0.6) is 0 Å². The van der Waals surface area contributed by atoms with Gasteiger partial charge >= 0.3 is 5.97 Å². The third-order valence-corrected chi connectivity index (χ3v) is 12.0. The average Bonchev–Trinajstić information content (AvgIpc) is 3.27. The highest BCUT2D eigenvalue weighted by Gasteiger charge is 2.40. The van der Waals surface area contributed by atoms with Gasteiger partial charge in [0, 0.05) is 35.8 Å². The maximum absolute atomic E-state index is 14.1. The number of carbonyl (C=O) groups excluding carboxylic acids is 8. The maximum atomic E-state index is 14.1. The number of carbonyl (C=O) groups is 9. The normalized spacial score (nSPS) is 13.5. The smallest absolute Gasteiger partial charge is 0.325 e. The number of carboxylic acid groups (broad SMARTS) is 1. The van der Waals surface area contributed by atoms with Crippen molar-refractivity contribution in [3.05, 3.63) is 119 Å². The molecule has 0 heterocycles. The Labute approximate surface area is 410 Å². The lowest BCUT2D eigenvalue weighted by Crippen LogP contribution is -2.61. The minimum atomic E-state index is -1.62. The van der Waals surface area contributed by atoms with E-state index >= 15 is 0 Å². The predicted octanol–water partition coefficient (Wildman–Crippen LogP) is 5.16. The molecule has 4 aromatic carbocycles. The molecule has 376 valence electrons. The van der Waals surface area contributed by atoms with Crippen molar-refractivity contribution < 1.29 is 48.3 Å². The summed E-state index contributed by atoms with van der Waals surface area (Å²) in [5.41, 5.74) is 2.36. The second-order valence-electron chi connectivity index (χ2n) is 19.9. The summed E-state index contributed by atoms with van der Waals surface area (Å²) in [5, 5.41) is 24.3. The van der Waals surface area contributed by atoms with Gasteiger partial charge < -0.3 is 37.4 Å². The molecule has 70 heavy (non-hydrogen) atoms. The molecule has 8 N–H and O–H groups in total. The summed E-state index contributed by atoms with van der Waals surface area (Å²) in [7, 11) is 0. The van der Waals surface area contributed by atoms with Gasteiger partial charge in [-0.1, -0.05) is 104 Å². The number of nitrogens with one attached hydrogen (secondary N) is 5. The van der Waals surface area contributed by atoms with Crippen molar-refractivity contribution in [2.45, 2.75) is 137 Å². The van der Waals surface area contributed by atoms with Crippen LogP contribution in [0.15, 0.2) is 97.1 Å². The molecule has 5 amide bonds. The standard InChI is InChI=1S/C53H66N6O10.CH4/c1-31(55-48(68)52(7,8)59-46(65)40(29-41(60)50(3,4)54)28-34-22-23-35-16-14-15-19-38(35)27-34)44(63)57-51(5,6)42(61)30-39(45(64)58-53(9,10)49(69)56-32(2)47(66)67)26-33-20-24-37(25-21-33)43(62)36-17-12-11-13-18-36;/h11-25,27,31-32,39-40H,26,28-30,54H2,1-10H3,(H,55,68)(H,56,69)(H,57,63)(H,58,64)(H,59,65)(H,66,67);1H4. The average molecular weight is 963 g/mol. The van der Waals surface area contributed by atoms with Crippen molar-refractivity contribution in [3.63, 3.8) is 0 Å². The molecule has 16 heteroatoms. The second kappa shape index (κ2) is 23.5. The van der Waals surface area contributed by atoms with E-state index in [1.807, 2.05) is 42.5 Å². The van der Waals surface area contributed by atoms with Gasteiger partial charge in [-0.05, 0) is 104 Å². The second-order valence-corrected chi connectivity index (χ2v) is 19.9. The lowest BCUT2D eigenvalue weighted by molar-refractivity contribution is -0.143. The van der Waals surface area contributed by atoms with E-state index in [-0.39, 0.29) is 38.3 Å². The van der Waals surface area contributed by atoms with Gasteiger partial charge in [0.15, 0.2) is 17.3 Å². The van der Waals surface area contributed by atoms with E-state index in [9.17, 15) is 48.3 Å². The summed E-state index contributed by atoms with van der Waals surface area (Å²) in [6.07, 6.45) is -0.469. The van der Waals surface area contributed by atoms with Gasteiger partial charge in [0.25, 0.3) is 0 Å². The van der Waals surface area contributed by atoms with Gasteiger partial charge in [-0.25, -0.2) is 0 Å². The number of ketones is 3. The van der Waals surface area contributed by atoms with E-state index < -0.39 is 93.8 Å². The van der Waals surface area contributed by atoms with E-state index in [2.05, 4.69) is 26.6 Å². The predicted molar refractivity (Wildman–Crippen MR) is 268 cm³/mol. The lowest BCUT2D eigenvalue weighted by atomic mass is 9.85.